The highest BCUT2D eigenvalue weighted by atomic mass is 16.2. The second-order valence-electron chi connectivity index (χ2n) is 8.16. The molecule has 1 atom stereocenters. The molecule has 5 heteroatoms. The first-order chi connectivity index (χ1) is 13.1. The number of benzene rings is 1. The molecule has 0 aliphatic carbocycles. The Morgan fingerprint density at radius 1 is 1.11 bits per heavy atom. The van der Waals surface area contributed by atoms with Gasteiger partial charge in [-0.05, 0) is 56.3 Å². The third kappa shape index (κ3) is 5.31. The molecule has 0 aromatic heterocycles. The SMILES string of the molecule is CC1CCN(C(=O)[C@H](C)N2CCCN(Cc3ccc(C#N)cc3)CC2)CC1. The van der Waals surface area contributed by atoms with Crippen molar-refractivity contribution >= 4 is 5.91 Å². The fraction of sp³-hybridized carbons (Fsp3) is 0.636. The summed E-state index contributed by atoms with van der Waals surface area (Å²) >= 11 is 0. The molecule has 146 valence electrons. The fourth-order valence-electron chi connectivity index (χ4n) is 4.13. The summed E-state index contributed by atoms with van der Waals surface area (Å²) in [6.07, 6.45) is 3.36. The van der Waals surface area contributed by atoms with E-state index in [4.69, 9.17) is 5.26 Å². The van der Waals surface area contributed by atoms with Gasteiger partial charge in [-0.3, -0.25) is 14.6 Å². The molecule has 2 heterocycles. The van der Waals surface area contributed by atoms with Crippen molar-refractivity contribution in [2.75, 3.05) is 39.3 Å². The van der Waals surface area contributed by atoms with Crippen molar-refractivity contribution in [3.05, 3.63) is 35.4 Å². The number of carbonyl (C=O) groups excluding carboxylic acids is 1. The maximum atomic E-state index is 12.9. The molecule has 0 radical (unpaired) electrons. The van der Waals surface area contributed by atoms with Crippen LogP contribution in [0.25, 0.3) is 0 Å². The van der Waals surface area contributed by atoms with Crippen molar-refractivity contribution in [1.29, 1.82) is 5.26 Å². The summed E-state index contributed by atoms with van der Waals surface area (Å²) in [7, 11) is 0. The number of nitrogens with zero attached hydrogens (tertiary/aromatic N) is 4. The zero-order valence-electron chi connectivity index (χ0n) is 16.7. The zero-order chi connectivity index (χ0) is 19.2. The topological polar surface area (TPSA) is 50.6 Å². The van der Waals surface area contributed by atoms with Gasteiger partial charge in [0.25, 0.3) is 0 Å². The van der Waals surface area contributed by atoms with E-state index in [0.29, 0.717) is 11.5 Å². The summed E-state index contributed by atoms with van der Waals surface area (Å²) in [5.41, 5.74) is 1.95. The first-order valence-corrected chi connectivity index (χ1v) is 10.3. The molecule has 0 saturated carbocycles. The Balaban J connectivity index is 1.51. The maximum absolute atomic E-state index is 12.9. The number of piperidine rings is 1. The van der Waals surface area contributed by atoms with Crippen LogP contribution in [0.5, 0.6) is 0 Å². The van der Waals surface area contributed by atoms with Crippen molar-refractivity contribution in [3.63, 3.8) is 0 Å². The molecule has 1 aromatic carbocycles. The van der Waals surface area contributed by atoms with Crippen molar-refractivity contribution in [2.45, 2.75) is 45.7 Å². The predicted octanol–water partition coefficient (Wildman–Crippen LogP) is 2.71. The van der Waals surface area contributed by atoms with E-state index < -0.39 is 0 Å². The van der Waals surface area contributed by atoms with Crippen LogP contribution in [0.3, 0.4) is 0 Å². The number of carbonyl (C=O) groups is 1. The van der Waals surface area contributed by atoms with E-state index in [1.807, 2.05) is 24.3 Å². The summed E-state index contributed by atoms with van der Waals surface area (Å²) in [6.45, 7) is 11.1. The molecule has 2 saturated heterocycles. The average molecular weight is 369 g/mol. The normalized spacial score (nSPS) is 21.4. The van der Waals surface area contributed by atoms with Crippen LogP contribution in [0.4, 0.5) is 0 Å². The smallest absolute Gasteiger partial charge is 0.239 e. The van der Waals surface area contributed by atoms with E-state index in [9.17, 15) is 4.79 Å². The number of hydrogen-bond donors (Lipinski definition) is 0. The van der Waals surface area contributed by atoms with Crippen LogP contribution >= 0.6 is 0 Å². The standard InChI is InChI=1S/C22H32N4O/c1-18-8-12-26(13-9-18)22(27)19(2)25-11-3-10-24(14-15-25)17-21-6-4-20(16-23)5-7-21/h4-7,18-19H,3,8-15,17H2,1-2H3/t19-/m0/s1. The summed E-state index contributed by atoms with van der Waals surface area (Å²) in [5, 5.41) is 8.92. The van der Waals surface area contributed by atoms with Crippen molar-refractivity contribution in [1.82, 2.24) is 14.7 Å². The average Bonchev–Trinajstić information content (AvgIpc) is 2.93. The molecule has 0 N–H and O–H groups in total. The highest BCUT2D eigenvalue weighted by Crippen LogP contribution is 2.19. The molecular formula is C22H32N4O. The van der Waals surface area contributed by atoms with E-state index >= 15 is 0 Å². The lowest BCUT2D eigenvalue weighted by molar-refractivity contribution is -0.137. The number of rotatable bonds is 4. The lowest BCUT2D eigenvalue weighted by atomic mass is 9.98. The molecule has 1 amide bonds. The van der Waals surface area contributed by atoms with Crippen LogP contribution in [-0.4, -0.2) is 65.9 Å². The minimum Gasteiger partial charge on any atom is -0.341 e. The zero-order valence-corrected chi connectivity index (χ0v) is 16.7. The maximum Gasteiger partial charge on any atom is 0.239 e. The number of nitriles is 1. The summed E-state index contributed by atoms with van der Waals surface area (Å²) in [4.78, 5) is 19.8. The Hall–Kier alpha value is -1.90. The van der Waals surface area contributed by atoms with Gasteiger partial charge >= 0.3 is 0 Å². The van der Waals surface area contributed by atoms with E-state index in [-0.39, 0.29) is 6.04 Å². The van der Waals surface area contributed by atoms with Crippen LogP contribution in [0.2, 0.25) is 0 Å². The van der Waals surface area contributed by atoms with E-state index in [1.165, 1.54) is 5.56 Å². The van der Waals surface area contributed by atoms with Crippen molar-refractivity contribution in [2.24, 2.45) is 5.92 Å². The molecule has 2 aliphatic rings. The van der Waals surface area contributed by atoms with Gasteiger partial charge in [0.05, 0.1) is 17.7 Å². The van der Waals surface area contributed by atoms with Gasteiger partial charge in [-0.2, -0.15) is 5.26 Å². The number of amides is 1. The van der Waals surface area contributed by atoms with Crippen LogP contribution in [0.15, 0.2) is 24.3 Å². The Bertz CT molecular complexity index is 658. The molecular weight excluding hydrogens is 336 g/mol. The Morgan fingerprint density at radius 2 is 1.81 bits per heavy atom. The lowest BCUT2D eigenvalue weighted by Gasteiger charge is -2.35. The van der Waals surface area contributed by atoms with Crippen molar-refractivity contribution in [3.8, 4) is 6.07 Å². The second kappa shape index (κ2) is 9.34. The third-order valence-electron chi connectivity index (χ3n) is 6.11. The fourth-order valence-corrected chi connectivity index (χ4v) is 4.13. The molecule has 3 rings (SSSR count). The minimum atomic E-state index is -0.0201. The van der Waals surface area contributed by atoms with Gasteiger partial charge in [-0.25, -0.2) is 0 Å². The van der Waals surface area contributed by atoms with Crippen molar-refractivity contribution < 1.29 is 4.79 Å². The van der Waals surface area contributed by atoms with Crippen LogP contribution in [0, 0.1) is 17.2 Å². The Morgan fingerprint density at radius 3 is 2.48 bits per heavy atom. The van der Waals surface area contributed by atoms with Gasteiger partial charge in [0.15, 0.2) is 0 Å². The highest BCUT2D eigenvalue weighted by molar-refractivity contribution is 5.81. The molecule has 0 spiro atoms. The number of likely N-dealkylation sites (tertiary alicyclic amines) is 1. The highest BCUT2D eigenvalue weighted by Gasteiger charge is 2.29. The second-order valence-corrected chi connectivity index (χ2v) is 8.16. The summed E-state index contributed by atoms with van der Waals surface area (Å²) in [6, 6.07) is 10.0. The van der Waals surface area contributed by atoms with Crippen LogP contribution in [-0.2, 0) is 11.3 Å². The van der Waals surface area contributed by atoms with Crippen LogP contribution in [0.1, 0.15) is 44.2 Å². The molecule has 27 heavy (non-hydrogen) atoms. The van der Waals surface area contributed by atoms with Gasteiger partial charge in [0.1, 0.15) is 0 Å². The van der Waals surface area contributed by atoms with Gasteiger partial charge in [0, 0.05) is 39.3 Å². The van der Waals surface area contributed by atoms with Gasteiger partial charge in [-0.15, -0.1) is 0 Å². The van der Waals surface area contributed by atoms with E-state index in [0.717, 1.165) is 71.0 Å². The summed E-state index contributed by atoms with van der Waals surface area (Å²) in [5.74, 6) is 1.06. The first-order valence-electron chi connectivity index (χ1n) is 10.3. The van der Waals surface area contributed by atoms with Crippen LogP contribution < -0.4 is 0 Å². The number of hydrogen-bond acceptors (Lipinski definition) is 4. The first kappa shape index (κ1) is 19.9. The van der Waals surface area contributed by atoms with E-state index in [1.54, 1.807) is 0 Å². The predicted molar refractivity (Wildman–Crippen MR) is 107 cm³/mol. The largest absolute Gasteiger partial charge is 0.341 e. The van der Waals surface area contributed by atoms with Gasteiger partial charge in [-0.1, -0.05) is 19.1 Å². The molecule has 0 unspecified atom stereocenters. The Labute approximate surface area is 163 Å². The van der Waals surface area contributed by atoms with Gasteiger partial charge in [0.2, 0.25) is 5.91 Å². The lowest BCUT2D eigenvalue weighted by Crippen LogP contribution is -2.50. The molecule has 1 aromatic rings. The Kier molecular flexibility index (Phi) is 6.87. The quantitative estimate of drug-likeness (QED) is 0.820. The third-order valence-corrected chi connectivity index (χ3v) is 6.11. The summed E-state index contributed by atoms with van der Waals surface area (Å²) < 4.78 is 0. The van der Waals surface area contributed by atoms with Gasteiger partial charge < -0.3 is 4.90 Å². The molecule has 5 nitrogen and oxygen atoms in total. The van der Waals surface area contributed by atoms with E-state index in [2.05, 4.69) is 34.6 Å². The molecule has 2 fully saturated rings. The monoisotopic (exact) mass is 368 g/mol. The molecule has 2 aliphatic heterocycles. The minimum absolute atomic E-state index is 0.0201. The molecule has 0 bridgehead atoms.